The molecule has 2 aromatic heterocycles. The van der Waals surface area contributed by atoms with Crippen molar-refractivity contribution in [3.63, 3.8) is 0 Å². The van der Waals surface area contributed by atoms with E-state index in [0.29, 0.717) is 6.54 Å². The number of aromatic amines is 1. The van der Waals surface area contributed by atoms with Gasteiger partial charge in [-0.05, 0) is 18.6 Å². The fraction of sp³-hybridized carbons (Fsp3) is 0.167. The van der Waals surface area contributed by atoms with Crippen molar-refractivity contribution in [3.05, 3.63) is 44.5 Å². The van der Waals surface area contributed by atoms with Gasteiger partial charge in [0.15, 0.2) is 5.13 Å². The minimum atomic E-state index is -0.0213. The Kier molecular flexibility index (Phi) is 2.89. The second-order valence-corrected chi connectivity index (χ2v) is 5.84. The molecule has 3 rings (SSSR count). The summed E-state index contributed by atoms with van der Waals surface area (Å²) in [6.45, 7) is 2.65. The number of H-pyrrole nitrogens is 1. The molecule has 0 unspecified atom stereocenters. The molecule has 0 aliphatic rings. The quantitative estimate of drug-likeness (QED) is 0.774. The van der Waals surface area contributed by atoms with Crippen molar-refractivity contribution < 1.29 is 0 Å². The normalized spacial score (nSPS) is 10.9. The van der Waals surface area contributed by atoms with Crippen LogP contribution in [0, 0.1) is 6.92 Å². The van der Waals surface area contributed by atoms with Crippen molar-refractivity contribution in [2.45, 2.75) is 13.5 Å². The summed E-state index contributed by atoms with van der Waals surface area (Å²) in [4.78, 5) is 18.3. The first-order valence-electron chi connectivity index (χ1n) is 5.49. The van der Waals surface area contributed by atoms with Gasteiger partial charge in [-0.1, -0.05) is 34.8 Å². The molecule has 0 atom stereocenters. The number of anilines is 1. The number of nitrogens with one attached hydrogen (secondary N) is 2. The summed E-state index contributed by atoms with van der Waals surface area (Å²) in [5.41, 5.74) is 3.12. The maximum Gasteiger partial charge on any atom is 0.304 e. The Bertz CT molecular complexity index is 741. The van der Waals surface area contributed by atoms with Crippen LogP contribution >= 0.6 is 22.7 Å². The summed E-state index contributed by atoms with van der Waals surface area (Å²) >= 11 is 2.81. The van der Waals surface area contributed by atoms with E-state index < -0.39 is 0 Å². The molecule has 0 amide bonds. The van der Waals surface area contributed by atoms with Crippen molar-refractivity contribution in [2.24, 2.45) is 0 Å². The van der Waals surface area contributed by atoms with Crippen LogP contribution in [-0.2, 0) is 6.54 Å². The second kappa shape index (κ2) is 4.55. The molecule has 3 aromatic rings. The van der Waals surface area contributed by atoms with E-state index >= 15 is 0 Å². The van der Waals surface area contributed by atoms with Gasteiger partial charge in [-0.3, -0.25) is 4.79 Å². The van der Waals surface area contributed by atoms with Crippen LogP contribution in [-0.4, -0.2) is 9.97 Å². The Balaban J connectivity index is 1.83. The zero-order valence-electron chi connectivity index (χ0n) is 9.69. The number of hydrogen-bond donors (Lipinski definition) is 2. The molecule has 0 saturated carbocycles. The molecule has 18 heavy (non-hydrogen) atoms. The third-order valence-electron chi connectivity index (χ3n) is 2.62. The second-order valence-electron chi connectivity index (χ2n) is 3.97. The van der Waals surface area contributed by atoms with Gasteiger partial charge in [0.2, 0.25) is 0 Å². The van der Waals surface area contributed by atoms with E-state index in [1.807, 2.05) is 11.4 Å². The fourth-order valence-electron chi connectivity index (χ4n) is 1.73. The van der Waals surface area contributed by atoms with E-state index in [1.54, 1.807) is 11.3 Å². The zero-order chi connectivity index (χ0) is 12.5. The van der Waals surface area contributed by atoms with Gasteiger partial charge >= 0.3 is 4.87 Å². The van der Waals surface area contributed by atoms with Gasteiger partial charge in [0.25, 0.3) is 0 Å². The van der Waals surface area contributed by atoms with Crippen LogP contribution in [0.4, 0.5) is 5.13 Å². The summed E-state index contributed by atoms with van der Waals surface area (Å²) in [6.07, 6.45) is 0. The monoisotopic (exact) mass is 277 g/mol. The van der Waals surface area contributed by atoms with E-state index in [0.717, 1.165) is 16.3 Å². The van der Waals surface area contributed by atoms with Gasteiger partial charge < -0.3 is 10.3 Å². The lowest BCUT2D eigenvalue weighted by atomic mass is 10.2. The minimum Gasteiger partial charge on any atom is -0.356 e. The van der Waals surface area contributed by atoms with Gasteiger partial charge in [-0.15, -0.1) is 0 Å². The van der Waals surface area contributed by atoms with Crippen molar-refractivity contribution in [1.29, 1.82) is 0 Å². The number of nitrogens with zero attached hydrogens (tertiary/aromatic N) is 1. The maximum atomic E-state index is 11.0. The Morgan fingerprint density at radius 2 is 2.33 bits per heavy atom. The summed E-state index contributed by atoms with van der Waals surface area (Å²) in [5, 5.41) is 5.94. The molecule has 0 radical (unpaired) electrons. The van der Waals surface area contributed by atoms with Crippen molar-refractivity contribution in [1.82, 2.24) is 9.97 Å². The Labute approximate surface area is 111 Å². The highest BCUT2D eigenvalue weighted by molar-refractivity contribution is 7.22. The molecule has 0 fully saturated rings. The molecule has 6 heteroatoms. The van der Waals surface area contributed by atoms with Crippen LogP contribution in [0.3, 0.4) is 0 Å². The topological polar surface area (TPSA) is 57.8 Å². The minimum absolute atomic E-state index is 0.0213. The highest BCUT2D eigenvalue weighted by atomic mass is 32.1. The molecule has 4 nitrogen and oxygen atoms in total. The molecular formula is C12H11N3OS2. The first-order valence-corrected chi connectivity index (χ1v) is 7.19. The Morgan fingerprint density at radius 1 is 1.44 bits per heavy atom. The van der Waals surface area contributed by atoms with Crippen LogP contribution in [0.2, 0.25) is 0 Å². The van der Waals surface area contributed by atoms with Crippen molar-refractivity contribution in [3.8, 4) is 0 Å². The largest absolute Gasteiger partial charge is 0.356 e. The molecular weight excluding hydrogens is 266 g/mol. The van der Waals surface area contributed by atoms with Crippen LogP contribution in [0.25, 0.3) is 10.2 Å². The summed E-state index contributed by atoms with van der Waals surface area (Å²) in [7, 11) is 0. The number of hydrogen-bond acceptors (Lipinski definition) is 5. The van der Waals surface area contributed by atoms with Gasteiger partial charge in [-0.25, -0.2) is 4.98 Å². The number of aromatic nitrogens is 2. The van der Waals surface area contributed by atoms with Gasteiger partial charge in [-0.2, -0.15) is 0 Å². The summed E-state index contributed by atoms with van der Waals surface area (Å²) < 4.78 is 1.18. The zero-order valence-corrected chi connectivity index (χ0v) is 11.3. The van der Waals surface area contributed by atoms with Gasteiger partial charge in [0.05, 0.1) is 16.8 Å². The first-order chi connectivity index (χ1) is 8.72. The molecule has 0 bridgehead atoms. The molecule has 0 aliphatic heterocycles. The number of rotatable bonds is 3. The number of benzene rings is 1. The fourth-order valence-corrected chi connectivity index (χ4v) is 3.25. The molecule has 0 aliphatic carbocycles. The number of aryl methyl sites for hydroxylation is 1. The third-order valence-corrected chi connectivity index (χ3v) is 4.32. The average Bonchev–Trinajstić information content (AvgIpc) is 2.93. The lowest BCUT2D eigenvalue weighted by Gasteiger charge is -1.98. The molecule has 2 N–H and O–H groups in total. The highest BCUT2D eigenvalue weighted by Crippen LogP contribution is 2.27. The van der Waals surface area contributed by atoms with Gasteiger partial charge in [0.1, 0.15) is 0 Å². The number of para-hydroxylation sites is 1. The highest BCUT2D eigenvalue weighted by Gasteiger charge is 2.05. The number of fused-ring (bicyclic) bond motifs is 1. The molecule has 1 aromatic carbocycles. The van der Waals surface area contributed by atoms with E-state index in [1.165, 1.54) is 21.6 Å². The van der Waals surface area contributed by atoms with E-state index in [-0.39, 0.29) is 4.87 Å². The van der Waals surface area contributed by atoms with Crippen LogP contribution in [0.5, 0.6) is 0 Å². The predicted octanol–water partition coefficient (Wildman–Crippen LogP) is 2.97. The molecule has 0 saturated heterocycles. The van der Waals surface area contributed by atoms with Crippen LogP contribution in [0.15, 0.2) is 28.4 Å². The maximum absolute atomic E-state index is 11.0. The van der Waals surface area contributed by atoms with Gasteiger partial charge in [0, 0.05) is 11.1 Å². The van der Waals surface area contributed by atoms with Crippen LogP contribution in [0.1, 0.15) is 11.3 Å². The average molecular weight is 277 g/mol. The van der Waals surface area contributed by atoms with Crippen molar-refractivity contribution in [2.75, 3.05) is 5.32 Å². The smallest absolute Gasteiger partial charge is 0.304 e. The van der Waals surface area contributed by atoms with E-state index in [2.05, 4.69) is 34.3 Å². The molecule has 92 valence electrons. The third kappa shape index (κ3) is 2.16. The molecule has 0 spiro atoms. The van der Waals surface area contributed by atoms with Crippen molar-refractivity contribution >= 4 is 38.0 Å². The SMILES string of the molecule is Cc1cccc2sc(NCc3csc(=O)[nH]3)nc12. The Hall–Kier alpha value is -1.66. The first kappa shape index (κ1) is 11.4. The van der Waals surface area contributed by atoms with E-state index in [9.17, 15) is 4.79 Å². The predicted molar refractivity (Wildman–Crippen MR) is 76.6 cm³/mol. The standard InChI is InChI=1S/C12H11N3OS2/c1-7-3-2-4-9-10(7)15-11(18-9)13-5-8-6-17-12(16)14-8/h2-4,6H,5H2,1H3,(H,13,15)(H,14,16). The number of thiazole rings is 2. The summed E-state index contributed by atoms with van der Waals surface area (Å²) in [6, 6.07) is 6.16. The molecule has 2 heterocycles. The van der Waals surface area contributed by atoms with E-state index in [4.69, 9.17) is 0 Å². The lowest BCUT2D eigenvalue weighted by molar-refractivity contribution is 1.05. The van der Waals surface area contributed by atoms with Crippen LogP contribution < -0.4 is 10.2 Å². The Morgan fingerprint density at radius 3 is 3.06 bits per heavy atom. The summed E-state index contributed by atoms with van der Waals surface area (Å²) in [5.74, 6) is 0. The lowest BCUT2D eigenvalue weighted by Crippen LogP contribution is -2.02.